The monoisotopic (exact) mass is 327 g/mol. The molecule has 2 aliphatic rings. The average Bonchev–Trinajstić information content (AvgIpc) is 3.12. The van der Waals surface area contributed by atoms with Crippen molar-refractivity contribution in [2.24, 2.45) is 5.92 Å². The lowest BCUT2D eigenvalue weighted by Crippen LogP contribution is -2.26. The maximum Gasteiger partial charge on any atom is 0.251 e. The van der Waals surface area contributed by atoms with E-state index >= 15 is 0 Å². The minimum Gasteiger partial charge on any atom is -0.381 e. The highest BCUT2D eigenvalue weighted by Crippen LogP contribution is 2.39. The molecule has 2 heterocycles. The molecule has 6 nitrogen and oxygen atoms in total. The van der Waals surface area contributed by atoms with Crippen molar-refractivity contribution in [3.63, 3.8) is 0 Å². The Morgan fingerprint density at radius 3 is 2.75 bits per heavy atom. The number of ether oxygens (including phenoxy) is 1. The summed E-state index contributed by atoms with van der Waals surface area (Å²) in [5.74, 6) is 2.29. The molecule has 0 spiro atoms. The number of carbonyl (C=O) groups excluding carboxylic acids is 1. The molecule has 126 valence electrons. The van der Waals surface area contributed by atoms with Gasteiger partial charge in [0.05, 0.1) is 0 Å². The summed E-state index contributed by atoms with van der Waals surface area (Å²) < 4.78 is 10.6. The van der Waals surface area contributed by atoms with Gasteiger partial charge in [0.1, 0.15) is 0 Å². The van der Waals surface area contributed by atoms with Crippen LogP contribution in [0.1, 0.15) is 47.8 Å². The number of carbonyl (C=O) groups is 1. The van der Waals surface area contributed by atoms with Gasteiger partial charge in [-0.3, -0.25) is 4.79 Å². The molecule has 2 aromatic rings. The molecule has 0 bridgehead atoms. The zero-order valence-corrected chi connectivity index (χ0v) is 13.5. The average molecular weight is 327 g/mol. The van der Waals surface area contributed by atoms with Gasteiger partial charge in [-0.1, -0.05) is 17.3 Å². The van der Waals surface area contributed by atoms with Gasteiger partial charge in [-0.25, -0.2) is 0 Å². The molecule has 1 aliphatic carbocycles. The highest BCUT2D eigenvalue weighted by atomic mass is 16.5. The second-order valence-electron chi connectivity index (χ2n) is 6.58. The van der Waals surface area contributed by atoms with Gasteiger partial charge in [0, 0.05) is 36.8 Å². The normalized spacial score (nSPS) is 20.2. The topological polar surface area (TPSA) is 77.2 Å². The molecule has 1 saturated heterocycles. The van der Waals surface area contributed by atoms with Gasteiger partial charge in [0.25, 0.3) is 5.91 Å². The molecule has 1 amide bonds. The summed E-state index contributed by atoms with van der Waals surface area (Å²) in [5, 5.41) is 6.99. The van der Waals surface area contributed by atoms with E-state index in [1.807, 2.05) is 12.1 Å². The zero-order chi connectivity index (χ0) is 16.4. The van der Waals surface area contributed by atoms with Gasteiger partial charge < -0.3 is 14.6 Å². The molecule has 4 rings (SSSR count). The van der Waals surface area contributed by atoms with E-state index in [2.05, 4.69) is 15.5 Å². The third-order valence-corrected chi connectivity index (χ3v) is 4.64. The Balaban J connectivity index is 1.33. The van der Waals surface area contributed by atoms with E-state index in [1.165, 1.54) is 0 Å². The lowest BCUT2D eigenvalue weighted by molar-refractivity contribution is 0.0950. The molecule has 1 saturated carbocycles. The summed E-state index contributed by atoms with van der Waals surface area (Å²) in [5.41, 5.74) is 1.51. The number of nitrogens with zero attached hydrogens (tertiary/aromatic N) is 2. The first-order chi connectivity index (χ1) is 11.8. The van der Waals surface area contributed by atoms with Crippen LogP contribution in [0.4, 0.5) is 0 Å². The fourth-order valence-electron chi connectivity index (χ4n) is 2.92. The van der Waals surface area contributed by atoms with Crippen molar-refractivity contribution < 1.29 is 14.1 Å². The number of rotatable bonds is 6. The van der Waals surface area contributed by atoms with E-state index in [-0.39, 0.29) is 5.91 Å². The number of benzene rings is 1. The molecule has 0 radical (unpaired) electrons. The van der Waals surface area contributed by atoms with Crippen molar-refractivity contribution in [3.05, 3.63) is 35.7 Å². The summed E-state index contributed by atoms with van der Waals surface area (Å²) in [7, 11) is 0. The van der Waals surface area contributed by atoms with Crippen molar-refractivity contribution in [3.8, 4) is 11.4 Å². The Kier molecular flexibility index (Phi) is 4.30. The highest BCUT2D eigenvalue weighted by Gasteiger charge is 2.29. The van der Waals surface area contributed by atoms with Crippen molar-refractivity contribution in [1.29, 1.82) is 0 Å². The van der Waals surface area contributed by atoms with Crippen LogP contribution in [0.5, 0.6) is 0 Å². The SMILES string of the molecule is O=C(NCCC1CCOC1)c1ccc(-c2noc(C3CC3)n2)cc1. The van der Waals surface area contributed by atoms with Crippen LogP contribution in [0.3, 0.4) is 0 Å². The lowest BCUT2D eigenvalue weighted by Gasteiger charge is -2.09. The maximum absolute atomic E-state index is 12.2. The van der Waals surface area contributed by atoms with Crippen molar-refractivity contribution in [2.45, 2.75) is 31.6 Å². The molecule has 2 fully saturated rings. The first-order valence-electron chi connectivity index (χ1n) is 8.59. The standard InChI is InChI=1S/C18H21N3O3/c22-17(19-9-7-12-8-10-23-11-12)14-3-1-13(2-4-14)16-20-18(24-21-16)15-5-6-15/h1-4,12,15H,5-11H2,(H,19,22). The minimum atomic E-state index is -0.0488. The van der Waals surface area contributed by atoms with Crippen LogP contribution in [0.2, 0.25) is 0 Å². The van der Waals surface area contributed by atoms with E-state index in [9.17, 15) is 4.79 Å². The second-order valence-corrected chi connectivity index (χ2v) is 6.58. The van der Waals surface area contributed by atoms with E-state index in [4.69, 9.17) is 9.26 Å². The molecule has 1 atom stereocenters. The van der Waals surface area contributed by atoms with E-state index in [1.54, 1.807) is 12.1 Å². The second kappa shape index (κ2) is 6.73. The Morgan fingerprint density at radius 1 is 1.21 bits per heavy atom. The molecular weight excluding hydrogens is 306 g/mol. The summed E-state index contributed by atoms with van der Waals surface area (Å²) in [6, 6.07) is 7.33. The van der Waals surface area contributed by atoms with Gasteiger partial charge in [-0.05, 0) is 43.7 Å². The molecule has 6 heteroatoms. The minimum absolute atomic E-state index is 0.0488. The van der Waals surface area contributed by atoms with Crippen LogP contribution in [0, 0.1) is 5.92 Å². The Labute approximate surface area is 140 Å². The Bertz CT molecular complexity index is 701. The fraction of sp³-hybridized carbons (Fsp3) is 0.500. The largest absolute Gasteiger partial charge is 0.381 e. The predicted molar refractivity (Wildman–Crippen MR) is 87.6 cm³/mol. The third-order valence-electron chi connectivity index (χ3n) is 4.64. The first kappa shape index (κ1) is 15.3. The number of hydrogen-bond acceptors (Lipinski definition) is 5. The molecule has 1 aromatic carbocycles. The Morgan fingerprint density at radius 2 is 2.04 bits per heavy atom. The molecule has 1 aromatic heterocycles. The van der Waals surface area contributed by atoms with Crippen LogP contribution >= 0.6 is 0 Å². The summed E-state index contributed by atoms with van der Waals surface area (Å²) >= 11 is 0. The van der Waals surface area contributed by atoms with Crippen LogP contribution in [-0.2, 0) is 4.74 Å². The number of hydrogen-bond donors (Lipinski definition) is 1. The molecule has 24 heavy (non-hydrogen) atoms. The van der Waals surface area contributed by atoms with Gasteiger partial charge in [0.2, 0.25) is 11.7 Å². The summed E-state index contributed by atoms with van der Waals surface area (Å²) in [4.78, 5) is 16.6. The van der Waals surface area contributed by atoms with E-state index in [0.29, 0.717) is 29.8 Å². The molecule has 1 aliphatic heterocycles. The number of aromatic nitrogens is 2. The summed E-state index contributed by atoms with van der Waals surface area (Å²) in [6.45, 7) is 2.35. The van der Waals surface area contributed by atoms with Gasteiger partial charge in [-0.15, -0.1) is 0 Å². The fourth-order valence-corrected chi connectivity index (χ4v) is 2.92. The molecule has 1 N–H and O–H groups in total. The third kappa shape index (κ3) is 3.48. The molecule has 1 unspecified atom stereocenters. The van der Waals surface area contributed by atoms with E-state index < -0.39 is 0 Å². The Hall–Kier alpha value is -2.21. The number of nitrogens with one attached hydrogen (secondary N) is 1. The summed E-state index contributed by atoms with van der Waals surface area (Å²) in [6.07, 6.45) is 4.33. The highest BCUT2D eigenvalue weighted by molar-refractivity contribution is 5.94. The van der Waals surface area contributed by atoms with Crippen LogP contribution in [0.25, 0.3) is 11.4 Å². The van der Waals surface area contributed by atoms with Crippen molar-refractivity contribution in [1.82, 2.24) is 15.5 Å². The van der Waals surface area contributed by atoms with Crippen molar-refractivity contribution >= 4 is 5.91 Å². The van der Waals surface area contributed by atoms with Crippen LogP contribution < -0.4 is 5.32 Å². The van der Waals surface area contributed by atoms with Crippen LogP contribution in [-0.4, -0.2) is 35.8 Å². The quantitative estimate of drug-likeness (QED) is 0.883. The first-order valence-corrected chi connectivity index (χ1v) is 8.59. The van der Waals surface area contributed by atoms with Gasteiger partial charge in [0.15, 0.2) is 0 Å². The smallest absolute Gasteiger partial charge is 0.251 e. The van der Waals surface area contributed by atoms with Gasteiger partial charge >= 0.3 is 0 Å². The zero-order valence-electron chi connectivity index (χ0n) is 13.5. The van der Waals surface area contributed by atoms with Gasteiger partial charge in [-0.2, -0.15) is 4.98 Å². The maximum atomic E-state index is 12.2. The predicted octanol–water partition coefficient (Wildman–Crippen LogP) is 2.77. The van der Waals surface area contributed by atoms with Crippen LogP contribution in [0.15, 0.2) is 28.8 Å². The van der Waals surface area contributed by atoms with E-state index in [0.717, 1.165) is 50.4 Å². The number of amides is 1. The van der Waals surface area contributed by atoms with Crippen molar-refractivity contribution in [2.75, 3.05) is 19.8 Å². The molecular formula is C18H21N3O3. The lowest BCUT2D eigenvalue weighted by atomic mass is 10.1.